The molecule has 5 amide bonds. The molecule has 1 unspecified atom stereocenters. The fraction of sp³-hybridized carbons (Fsp3) is 0.442. The van der Waals surface area contributed by atoms with Crippen molar-refractivity contribution in [1.82, 2.24) is 20.0 Å². The Balaban J connectivity index is 0.741. The molecule has 3 aromatic carbocycles. The third-order valence-corrected chi connectivity index (χ3v) is 13.5. The van der Waals surface area contributed by atoms with Crippen molar-refractivity contribution in [3.8, 4) is 0 Å². The maximum absolute atomic E-state index is 13.6. The van der Waals surface area contributed by atoms with E-state index in [1.54, 1.807) is 12.1 Å². The Bertz CT molecular complexity index is 2200. The predicted molar refractivity (Wildman–Crippen MR) is 216 cm³/mol. The summed E-state index contributed by atoms with van der Waals surface area (Å²) in [6, 6.07) is 18.9. The molecule has 57 heavy (non-hydrogen) atoms. The van der Waals surface area contributed by atoms with Gasteiger partial charge in [-0.15, -0.1) is 0 Å². The molecule has 5 fully saturated rings. The highest BCUT2D eigenvalue weighted by Crippen LogP contribution is 2.46. The van der Waals surface area contributed by atoms with Crippen molar-refractivity contribution in [2.45, 2.75) is 57.2 Å². The van der Waals surface area contributed by atoms with Gasteiger partial charge in [0, 0.05) is 105 Å². The number of piperazine rings is 1. The van der Waals surface area contributed by atoms with Gasteiger partial charge in [-0.05, 0) is 92.6 Å². The van der Waals surface area contributed by atoms with Crippen molar-refractivity contribution >= 4 is 63.9 Å². The van der Waals surface area contributed by atoms with Gasteiger partial charge >= 0.3 is 0 Å². The van der Waals surface area contributed by atoms with Gasteiger partial charge in [0.1, 0.15) is 6.04 Å². The van der Waals surface area contributed by atoms with Crippen molar-refractivity contribution in [3.63, 3.8) is 0 Å². The molecule has 2 atom stereocenters. The number of nitrogens with one attached hydrogen (secondary N) is 1. The van der Waals surface area contributed by atoms with Crippen LogP contribution in [0.5, 0.6) is 0 Å². The fourth-order valence-corrected chi connectivity index (χ4v) is 10.1. The minimum atomic E-state index is -0.983. The summed E-state index contributed by atoms with van der Waals surface area (Å²) >= 11 is 6.38. The molecule has 0 radical (unpaired) electrons. The van der Waals surface area contributed by atoms with Crippen LogP contribution in [0.4, 0.5) is 22.7 Å². The topological polar surface area (TPSA) is 121 Å². The second-order valence-corrected chi connectivity index (χ2v) is 16.9. The van der Waals surface area contributed by atoms with Gasteiger partial charge in [-0.2, -0.15) is 0 Å². The Hall–Kier alpha value is -5.45. The molecule has 0 saturated carbocycles. The molecule has 6 aliphatic heterocycles. The smallest absolute Gasteiger partial charge is 0.262 e. The second kappa shape index (κ2) is 14.5. The molecule has 13 nitrogen and oxygen atoms in total. The van der Waals surface area contributed by atoms with E-state index >= 15 is 0 Å². The first kappa shape index (κ1) is 37.1. The first-order valence-corrected chi connectivity index (χ1v) is 20.3. The summed E-state index contributed by atoms with van der Waals surface area (Å²) in [5.41, 5.74) is 5.10. The second-order valence-electron chi connectivity index (χ2n) is 16.5. The molecule has 294 valence electrons. The van der Waals surface area contributed by atoms with Gasteiger partial charge < -0.3 is 19.6 Å². The first-order valence-electron chi connectivity index (χ1n) is 19.9. The molecule has 6 heterocycles. The average Bonchev–Trinajstić information content (AvgIpc) is 3.65. The number of hydrogen-bond donors (Lipinski definition) is 1. The van der Waals surface area contributed by atoms with Gasteiger partial charge in [0.25, 0.3) is 17.7 Å². The first-order chi connectivity index (χ1) is 27.5. The summed E-state index contributed by atoms with van der Waals surface area (Å²) in [6.45, 7) is 16.9. The monoisotopic (exact) mass is 788 g/mol. The molecule has 0 aromatic heterocycles. The van der Waals surface area contributed by atoms with Crippen molar-refractivity contribution < 1.29 is 24.0 Å². The molecule has 1 spiro atoms. The van der Waals surface area contributed by atoms with Gasteiger partial charge in [0.2, 0.25) is 17.5 Å². The molecule has 6 aliphatic rings. The third kappa shape index (κ3) is 6.68. The SMILES string of the molecule is [C-]#[N+]c1ccc(N2CC3(CCN(c4ccc(C(=O)N5CCN(C6CN(c7ccc8c(c7)C(=O)N(C7CCC(=O)NC7=O)C8=O)C6)CC5)cc4)CC3)C[C@H]2C)cc1Cl. The zero-order chi connectivity index (χ0) is 39.6. The van der Waals surface area contributed by atoms with Crippen LogP contribution in [0.2, 0.25) is 5.02 Å². The number of fused-ring (bicyclic) bond motifs is 1. The number of carbonyl (C=O) groups excluding carboxylic acids is 5. The van der Waals surface area contributed by atoms with Crippen LogP contribution in [0.1, 0.15) is 70.1 Å². The summed E-state index contributed by atoms with van der Waals surface area (Å²) in [5.74, 6) is -1.96. The lowest BCUT2D eigenvalue weighted by Gasteiger charge is -2.49. The van der Waals surface area contributed by atoms with E-state index in [0.717, 1.165) is 87.0 Å². The maximum Gasteiger partial charge on any atom is 0.262 e. The molecule has 3 aromatic rings. The van der Waals surface area contributed by atoms with Crippen LogP contribution < -0.4 is 20.0 Å². The molecular weight excluding hydrogens is 744 g/mol. The Kier molecular flexibility index (Phi) is 9.44. The van der Waals surface area contributed by atoms with E-state index in [1.165, 1.54) is 0 Å². The molecular formula is C43H45ClN8O5. The Morgan fingerprint density at radius 2 is 1.51 bits per heavy atom. The van der Waals surface area contributed by atoms with E-state index in [0.29, 0.717) is 41.4 Å². The van der Waals surface area contributed by atoms with Crippen molar-refractivity contribution in [1.29, 1.82) is 0 Å². The normalized spacial score (nSPS) is 23.8. The van der Waals surface area contributed by atoms with E-state index in [4.69, 9.17) is 18.2 Å². The lowest BCUT2D eigenvalue weighted by atomic mass is 9.76. The van der Waals surface area contributed by atoms with Crippen molar-refractivity contribution in [2.75, 3.05) is 73.6 Å². The summed E-state index contributed by atoms with van der Waals surface area (Å²) in [6.07, 6.45) is 3.55. The third-order valence-electron chi connectivity index (χ3n) is 13.2. The van der Waals surface area contributed by atoms with E-state index in [1.807, 2.05) is 41.3 Å². The van der Waals surface area contributed by atoms with Crippen LogP contribution >= 0.6 is 11.6 Å². The van der Waals surface area contributed by atoms with Crippen LogP contribution in [0.25, 0.3) is 4.85 Å². The Labute approximate surface area is 336 Å². The molecule has 0 aliphatic carbocycles. The van der Waals surface area contributed by atoms with Crippen LogP contribution in [0, 0.1) is 12.0 Å². The van der Waals surface area contributed by atoms with E-state index < -0.39 is 29.7 Å². The number of rotatable bonds is 6. The summed E-state index contributed by atoms with van der Waals surface area (Å²) < 4.78 is 0. The quantitative estimate of drug-likeness (QED) is 0.277. The fourth-order valence-electron chi connectivity index (χ4n) is 9.87. The Morgan fingerprint density at radius 1 is 0.825 bits per heavy atom. The lowest BCUT2D eigenvalue weighted by Crippen LogP contribution is -2.63. The molecule has 0 bridgehead atoms. The highest BCUT2D eigenvalue weighted by molar-refractivity contribution is 6.33. The van der Waals surface area contributed by atoms with Crippen LogP contribution in [-0.2, 0) is 9.59 Å². The molecule has 14 heteroatoms. The van der Waals surface area contributed by atoms with Crippen molar-refractivity contribution in [3.05, 3.63) is 93.8 Å². The van der Waals surface area contributed by atoms with Gasteiger partial charge in [0.05, 0.1) is 17.7 Å². The maximum atomic E-state index is 13.6. The van der Waals surface area contributed by atoms with Gasteiger partial charge in [0.15, 0.2) is 0 Å². The minimum Gasteiger partial charge on any atom is -0.371 e. The molecule has 5 saturated heterocycles. The van der Waals surface area contributed by atoms with Crippen LogP contribution in [0.3, 0.4) is 0 Å². The lowest BCUT2D eigenvalue weighted by molar-refractivity contribution is -0.136. The number of anilines is 3. The number of benzene rings is 3. The number of imide groups is 2. The summed E-state index contributed by atoms with van der Waals surface area (Å²) in [4.78, 5) is 79.9. The average molecular weight is 789 g/mol. The molecule has 9 rings (SSSR count). The summed E-state index contributed by atoms with van der Waals surface area (Å²) in [7, 11) is 0. The number of nitrogens with zero attached hydrogens (tertiary/aromatic N) is 7. The summed E-state index contributed by atoms with van der Waals surface area (Å²) in [5, 5.41) is 2.74. The van der Waals surface area contributed by atoms with Gasteiger partial charge in [-0.3, -0.25) is 39.1 Å². The standard InChI is InChI=1S/C43H45ClN8O5/c1-27-23-43(26-51(27)31-8-10-36(45-2)35(44)22-31)13-15-47(16-14-43)29-5-3-28(4-6-29)40(55)49-19-17-48(18-20-49)32-24-50(25-32)30-7-9-33-34(21-30)42(57)52(41(33)56)37-11-12-38(53)46-39(37)54/h3-10,21-22,27,32,37H,11-20,23-26H2,1H3,(H,46,53,54)/t27-,37?/m1/s1. The zero-order valence-corrected chi connectivity index (χ0v) is 32.7. The van der Waals surface area contributed by atoms with Gasteiger partial charge in [-0.1, -0.05) is 17.7 Å². The molecule has 1 N–H and O–H groups in total. The van der Waals surface area contributed by atoms with Crippen LogP contribution in [-0.4, -0.2) is 121 Å². The highest BCUT2D eigenvalue weighted by atomic mass is 35.5. The predicted octanol–water partition coefficient (Wildman–Crippen LogP) is 4.82. The number of carbonyl (C=O) groups is 5. The minimum absolute atomic E-state index is 0.0577. The number of piperidine rings is 2. The Morgan fingerprint density at radius 3 is 2.19 bits per heavy atom. The number of halogens is 1. The van der Waals surface area contributed by atoms with Crippen molar-refractivity contribution in [2.24, 2.45) is 5.41 Å². The van der Waals surface area contributed by atoms with E-state index in [2.05, 4.69) is 48.8 Å². The largest absolute Gasteiger partial charge is 0.371 e. The number of amides is 5. The van der Waals surface area contributed by atoms with E-state index in [9.17, 15) is 24.0 Å². The van der Waals surface area contributed by atoms with Gasteiger partial charge in [-0.25, -0.2) is 4.85 Å². The zero-order valence-electron chi connectivity index (χ0n) is 32.0. The van der Waals surface area contributed by atoms with Crippen LogP contribution in [0.15, 0.2) is 60.7 Å². The van der Waals surface area contributed by atoms with E-state index in [-0.39, 0.29) is 35.3 Å². The number of hydrogen-bond acceptors (Lipinski definition) is 9. The highest BCUT2D eigenvalue weighted by Gasteiger charge is 2.46.